The first-order chi connectivity index (χ1) is 15.1. The lowest BCUT2D eigenvalue weighted by Gasteiger charge is -2.19. The molecule has 0 bridgehead atoms. The second-order valence-electron chi connectivity index (χ2n) is 6.54. The largest absolute Gasteiger partial charge is 0.495 e. The van der Waals surface area contributed by atoms with E-state index in [2.05, 4.69) is 11.1 Å². The Morgan fingerprint density at radius 2 is 1.71 bits per heavy atom. The summed E-state index contributed by atoms with van der Waals surface area (Å²) < 4.78 is 11.2. The molecule has 0 saturated carbocycles. The van der Waals surface area contributed by atoms with Crippen LogP contribution in [0.1, 0.15) is 5.56 Å². The van der Waals surface area contributed by atoms with Gasteiger partial charge in [0, 0.05) is 17.6 Å². The maximum Gasteiger partial charge on any atom is 0.416 e. The second-order valence-corrected chi connectivity index (χ2v) is 6.54. The smallest absolute Gasteiger partial charge is 0.416 e. The first-order valence-electron chi connectivity index (χ1n) is 9.33. The molecule has 3 aromatic carbocycles. The van der Waals surface area contributed by atoms with Crippen LogP contribution < -0.4 is 14.4 Å². The predicted octanol–water partition coefficient (Wildman–Crippen LogP) is 5.72. The Kier molecular flexibility index (Phi) is 5.37. The minimum Gasteiger partial charge on any atom is -0.495 e. The van der Waals surface area contributed by atoms with Gasteiger partial charge in [-0.3, -0.25) is 4.98 Å². The molecule has 0 atom stereocenters. The summed E-state index contributed by atoms with van der Waals surface area (Å²) >= 11 is 0. The van der Waals surface area contributed by atoms with E-state index in [1.165, 1.54) is 12.0 Å². The fourth-order valence-electron chi connectivity index (χ4n) is 3.23. The number of pyridine rings is 1. The number of benzene rings is 3. The third kappa shape index (κ3) is 3.95. The van der Waals surface area contributed by atoms with Crippen LogP contribution in [0.5, 0.6) is 17.2 Å². The van der Waals surface area contributed by atoms with Crippen LogP contribution >= 0.6 is 0 Å². The van der Waals surface area contributed by atoms with Crippen LogP contribution in [0.2, 0.25) is 0 Å². The number of methoxy groups -OCH3 is 1. The van der Waals surface area contributed by atoms with Gasteiger partial charge in [0.25, 0.3) is 0 Å². The average molecular weight is 411 g/mol. The molecule has 0 fully saturated rings. The molecule has 1 heterocycles. The maximum absolute atomic E-state index is 11.8. The van der Waals surface area contributed by atoms with Gasteiger partial charge in [0.05, 0.1) is 29.6 Å². The van der Waals surface area contributed by atoms with Crippen LogP contribution in [-0.2, 0) is 0 Å². The standard InChI is InChI=1S/C24H17N3O4/c1-30-23-14-21-20(13-16(23)15-25)22(11-12-26-21)31-19-9-7-18(8-10-19)27(24(28)29)17-5-3-2-4-6-17/h2-14H,1H3,(H,28,29). The highest BCUT2D eigenvalue weighted by Gasteiger charge is 2.17. The lowest BCUT2D eigenvalue weighted by atomic mass is 10.1. The van der Waals surface area contributed by atoms with Crippen LogP contribution in [-0.4, -0.2) is 23.3 Å². The van der Waals surface area contributed by atoms with Gasteiger partial charge in [0.1, 0.15) is 23.3 Å². The van der Waals surface area contributed by atoms with Crippen molar-refractivity contribution in [3.05, 3.63) is 84.6 Å². The lowest BCUT2D eigenvalue weighted by molar-refractivity contribution is 0.205. The highest BCUT2D eigenvalue weighted by Crippen LogP contribution is 2.34. The molecule has 1 aromatic heterocycles. The number of hydrogen-bond donors (Lipinski definition) is 1. The van der Waals surface area contributed by atoms with E-state index >= 15 is 0 Å². The number of nitrogens with zero attached hydrogens (tertiary/aromatic N) is 3. The van der Waals surface area contributed by atoms with Crippen molar-refractivity contribution >= 4 is 28.4 Å². The molecule has 4 aromatic rings. The molecule has 0 spiro atoms. The number of amides is 1. The fraction of sp³-hybridized carbons (Fsp3) is 0.0417. The summed E-state index contributed by atoms with van der Waals surface area (Å²) in [4.78, 5) is 17.3. The normalized spacial score (nSPS) is 10.3. The fourth-order valence-corrected chi connectivity index (χ4v) is 3.23. The quantitative estimate of drug-likeness (QED) is 0.451. The third-order valence-corrected chi connectivity index (χ3v) is 4.67. The number of carbonyl (C=O) groups is 1. The van der Waals surface area contributed by atoms with Gasteiger partial charge in [-0.05, 0) is 48.5 Å². The van der Waals surface area contributed by atoms with Crippen LogP contribution in [0, 0.1) is 11.3 Å². The zero-order chi connectivity index (χ0) is 21.8. The summed E-state index contributed by atoms with van der Waals surface area (Å²) in [6, 6.07) is 22.7. The number of para-hydroxylation sites is 1. The monoisotopic (exact) mass is 411 g/mol. The van der Waals surface area contributed by atoms with Gasteiger partial charge in [-0.15, -0.1) is 0 Å². The van der Waals surface area contributed by atoms with E-state index in [1.54, 1.807) is 72.9 Å². The van der Waals surface area contributed by atoms with Crippen LogP contribution in [0.4, 0.5) is 16.2 Å². The SMILES string of the molecule is COc1cc2nccc(Oc3ccc(N(C(=O)O)c4ccccc4)cc3)c2cc1C#N. The maximum atomic E-state index is 11.8. The van der Waals surface area contributed by atoms with E-state index in [-0.39, 0.29) is 0 Å². The minimum atomic E-state index is -1.09. The summed E-state index contributed by atoms with van der Waals surface area (Å²) in [5.41, 5.74) is 2.04. The molecule has 4 rings (SSSR count). The van der Waals surface area contributed by atoms with E-state index < -0.39 is 6.09 Å². The number of aromatic nitrogens is 1. The number of rotatable bonds is 5. The molecule has 7 heteroatoms. The highest BCUT2D eigenvalue weighted by atomic mass is 16.5. The van der Waals surface area contributed by atoms with Crippen LogP contribution in [0.25, 0.3) is 10.9 Å². The first kappa shape index (κ1) is 19.7. The van der Waals surface area contributed by atoms with Gasteiger partial charge in [0.2, 0.25) is 0 Å². The topological polar surface area (TPSA) is 95.7 Å². The van der Waals surface area contributed by atoms with E-state index in [9.17, 15) is 15.2 Å². The highest BCUT2D eigenvalue weighted by molar-refractivity contribution is 5.94. The van der Waals surface area contributed by atoms with Crippen LogP contribution in [0.3, 0.4) is 0 Å². The van der Waals surface area contributed by atoms with Gasteiger partial charge in [0.15, 0.2) is 0 Å². The van der Waals surface area contributed by atoms with Gasteiger partial charge in [-0.25, -0.2) is 9.69 Å². The molecule has 0 saturated heterocycles. The van der Waals surface area contributed by atoms with E-state index in [4.69, 9.17) is 9.47 Å². The van der Waals surface area contributed by atoms with Gasteiger partial charge in [-0.2, -0.15) is 5.26 Å². The predicted molar refractivity (Wildman–Crippen MR) is 116 cm³/mol. The van der Waals surface area contributed by atoms with Gasteiger partial charge >= 0.3 is 6.09 Å². The molecular formula is C24H17N3O4. The zero-order valence-electron chi connectivity index (χ0n) is 16.5. The van der Waals surface area contributed by atoms with E-state index in [1.807, 2.05) is 6.07 Å². The van der Waals surface area contributed by atoms with Crippen molar-refractivity contribution in [3.63, 3.8) is 0 Å². The van der Waals surface area contributed by atoms with Crippen molar-refractivity contribution in [2.75, 3.05) is 12.0 Å². The van der Waals surface area contributed by atoms with Crippen molar-refractivity contribution in [3.8, 4) is 23.3 Å². The Morgan fingerprint density at radius 1 is 1.00 bits per heavy atom. The average Bonchev–Trinajstić information content (AvgIpc) is 2.80. The minimum absolute atomic E-state index is 0.378. The Labute approximate surface area is 178 Å². The Morgan fingerprint density at radius 3 is 2.35 bits per heavy atom. The van der Waals surface area contributed by atoms with E-state index in [0.717, 1.165) is 0 Å². The Hall–Kier alpha value is -4.57. The third-order valence-electron chi connectivity index (χ3n) is 4.67. The molecule has 7 nitrogen and oxygen atoms in total. The molecule has 1 N–H and O–H groups in total. The second kappa shape index (κ2) is 8.43. The molecule has 31 heavy (non-hydrogen) atoms. The summed E-state index contributed by atoms with van der Waals surface area (Å²) in [5, 5.41) is 19.7. The van der Waals surface area contributed by atoms with Crippen molar-refractivity contribution < 1.29 is 19.4 Å². The van der Waals surface area contributed by atoms with Crippen molar-refractivity contribution in [1.29, 1.82) is 5.26 Å². The number of ether oxygens (including phenoxy) is 2. The Bertz CT molecular complexity index is 1280. The molecular weight excluding hydrogens is 394 g/mol. The van der Waals surface area contributed by atoms with Crippen molar-refractivity contribution in [1.82, 2.24) is 4.98 Å². The summed E-state index contributed by atoms with van der Waals surface area (Å²) in [6.45, 7) is 0. The summed E-state index contributed by atoms with van der Waals surface area (Å²) in [5.74, 6) is 1.48. The van der Waals surface area contributed by atoms with Gasteiger partial charge < -0.3 is 14.6 Å². The molecule has 0 aliphatic rings. The Balaban J connectivity index is 1.66. The lowest BCUT2D eigenvalue weighted by Crippen LogP contribution is -2.23. The molecule has 152 valence electrons. The molecule has 0 aliphatic carbocycles. The van der Waals surface area contributed by atoms with Crippen molar-refractivity contribution in [2.45, 2.75) is 0 Å². The summed E-state index contributed by atoms with van der Waals surface area (Å²) in [7, 11) is 1.50. The molecule has 0 unspecified atom stereocenters. The molecule has 1 amide bonds. The number of anilines is 2. The summed E-state index contributed by atoms with van der Waals surface area (Å²) in [6.07, 6.45) is 0.525. The number of fused-ring (bicyclic) bond motifs is 1. The molecule has 0 radical (unpaired) electrons. The zero-order valence-corrected chi connectivity index (χ0v) is 16.5. The van der Waals surface area contributed by atoms with Gasteiger partial charge in [-0.1, -0.05) is 18.2 Å². The number of hydrogen-bond acceptors (Lipinski definition) is 5. The number of carboxylic acid groups (broad SMARTS) is 1. The van der Waals surface area contributed by atoms with Crippen molar-refractivity contribution in [2.24, 2.45) is 0 Å². The van der Waals surface area contributed by atoms with E-state index in [0.29, 0.717) is 45.1 Å². The van der Waals surface area contributed by atoms with Crippen LogP contribution in [0.15, 0.2) is 79.0 Å². The number of nitriles is 1. The molecule has 0 aliphatic heterocycles. The first-order valence-corrected chi connectivity index (χ1v) is 9.33.